The molecule has 0 aliphatic heterocycles. The molecule has 3 N–H and O–H groups in total. The van der Waals surface area contributed by atoms with E-state index in [0.29, 0.717) is 22.7 Å². The highest BCUT2D eigenvalue weighted by Crippen LogP contribution is 2.36. The summed E-state index contributed by atoms with van der Waals surface area (Å²) in [5.74, 6) is 0.329. The van der Waals surface area contributed by atoms with Crippen molar-refractivity contribution in [3.05, 3.63) is 40.5 Å². The van der Waals surface area contributed by atoms with E-state index in [1.807, 2.05) is 0 Å². The molecule has 1 aromatic carbocycles. The Balaban J connectivity index is 2.45. The summed E-state index contributed by atoms with van der Waals surface area (Å²) < 4.78 is 43.4. The summed E-state index contributed by atoms with van der Waals surface area (Å²) in [6, 6.07) is 4.11. The van der Waals surface area contributed by atoms with Gasteiger partial charge in [-0.1, -0.05) is 11.6 Å². The molecule has 0 radical (unpaired) electrons. The van der Waals surface area contributed by atoms with Crippen LogP contribution in [0.25, 0.3) is 0 Å². The zero-order valence-corrected chi connectivity index (χ0v) is 12.5. The summed E-state index contributed by atoms with van der Waals surface area (Å²) in [4.78, 5) is 3.57. The number of alkyl halides is 3. The largest absolute Gasteiger partial charge is 0.495 e. The average molecular weight is 332 g/mol. The Bertz CT molecular complexity index is 704. The number of nitrogens with zero attached hydrogens (tertiary/aromatic N) is 1. The number of halogens is 4. The topological polar surface area (TPSA) is 60.2 Å². The molecule has 0 atom stereocenters. The van der Waals surface area contributed by atoms with Gasteiger partial charge in [0.2, 0.25) is 0 Å². The molecule has 0 amide bonds. The minimum atomic E-state index is -4.50. The molecule has 1 aromatic heterocycles. The molecular weight excluding hydrogens is 319 g/mol. The highest BCUT2D eigenvalue weighted by atomic mass is 35.5. The molecule has 0 fully saturated rings. The first-order chi connectivity index (χ1) is 10.2. The van der Waals surface area contributed by atoms with Crippen LogP contribution in [-0.4, -0.2) is 12.1 Å². The van der Waals surface area contributed by atoms with Crippen LogP contribution in [0.15, 0.2) is 24.4 Å². The van der Waals surface area contributed by atoms with Crippen LogP contribution in [0, 0.1) is 6.92 Å². The third kappa shape index (κ3) is 3.36. The smallest absolute Gasteiger partial charge is 0.417 e. The lowest BCUT2D eigenvalue weighted by Crippen LogP contribution is -2.08. The van der Waals surface area contributed by atoms with E-state index in [1.165, 1.54) is 7.11 Å². The number of hydrogen-bond acceptors (Lipinski definition) is 4. The van der Waals surface area contributed by atoms with E-state index in [-0.39, 0.29) is 11.5 Å². The number of nitrogen functional groups attached to an aromatic ring is 1. The van der Waals surface area contributed by atoms with Crippen molar-refractivity contribution in [2.45, 2.75) is 13.1 Å². The van der Waals surface area contributed by atoms with Crippen molar-refractivity contribution in [2.24, 2.45) is 0 Å². The van der Waals surface area contributed by atoms with Gasteiger partial charge in [-0.15, -0.1) is 0 Å². The van der Waals surface area contributed by atoms with Gasteiger partial charge in [0.25, 0.3) is 0 Å². The third-order valence-corrected chi connectivity index (χ3v) is 3.40. The second-order valence-electron chi connectivity index (χ2n) is 4.58. The van der Waals surface area contributed by atoms with E-state index in [1.54, 1.807) is 19.1 Å². The first kappa shape index (κ1) is 16.2. The predicted molar refractivity (Wildman–Crippen MR) is 79.7 cm³/mol. The van der Waals surface area contributed by atoms with Crippen LogP contribution >= 0.6 is 11.6 Å². The number of anilines is 3. The van der Waals surface area contributed by atoms with Crippen molar-refractivity contribution in [1.82, 2.24) is 4.98 Å². The van der Waals surface area contributed by atoms with E-state index in [0.717, 1.165) is 11.6 Å². The van der Waals surface area contributed by atoms with Gasteiger partial charge in [-0.25, -0.2) is 4.98 Å². The maximum absolute atomic E-state index is 12.8. The molecule has 22 heavy (non-hydrogen) atoms. The van der Waals surface area contributed by atoms with Crippen molar-refractivity contribution in [3.63, 3.8) is 0 Å². The number of nitrogens with one attached hydrogen (secondary N) is 1. The summed E-state index contributed by atoms with van der Waals surface area (Å²) in [6.07, 6.45) is -3.82. The molecule has 2 aromatic rings. The summed E-state index contributed by atoms with van der Waals surface area (Å²) in [5.41, 5.74) is 5.96. The number of ether oxygens (including phenoxy) is 1. The molecular formula is C14H13ClF3N3O. The minimum absolute atomic E-state index is 0.0369. The Kier molecular flexibility index (Phi) is 4.37. The molecule has 118 valence electrons. The highest BCUT2D eigenvalue weighted by Gasteiger charge is 2.31. The summed E-state index contributed by atoms with van der Waals surface area (Å²) in [5, 5.41) is 3.28. The van der Waals surface area contributed by atoms with Crippen LogP contribution in [0.2, 0.25) is 5.02 Å². The Labute approximate surface area is 130 Å². The fourth-order valence-electron chi connectivity index (χ4n) is 1.81. The van der Waals surface area contributed by atoms with Gasteiger partial charge in [0.05, 0.1) is 24.0 Å². The predicted octanol–water partition coefficient (Wildman–Crippen LogP) is 4.40. The number of aromatic nitrogens is 1. The van der Waals surface area contributed by atoms with Crippen LogP contribution in [0.5, 0.6) is 5.75 Å². The second-order valence-corrected chi connectivity index (χ2v) is 4.99. The summed E-state index contributed by atoms with van der Waals surface area (Å²) in [6.45, 7) is 1.76. The third-order valence-electron chi connectivity index (χ3n) is 3.00. The molecule has 0 unspecified atom stereocenters. The molecule has 8 heteroatoms. The number of aryl methyl sites for hydroxylation is 1. The van der Waals surface area contributed by atoms with Gasteiger partial charge < -0.3 is 15.8 Å². The Morgan fingerprint density at radius 3 is 2.50 bits per heavy atom. The molecule has 0 aliphatic carbocycles. The van der Waals surface area contributed by atoms with Gasteiger partial charge >= 0.3 is 6.18 Å². The SMILES string of the molecule is COc1cc(Cl)c(C)cc1Nc1cc(C(F)(F)F)cnc1N. The average Bonchev–Trinajstić information content (AvgIpc) is 2.43. The van der Waals surface area contributed by atoms with Gasteiger partial charge in [0, 0.05) is 17.3 Å². The number of nitrogens with two attached hydrogens (primary N) is 1. The molecule has 1 heterocycles. The van der Waals surface area contributed by atoms with Crippen LogP contribution in [0.3, 0.4) is 0 Å². The van der Waals surface area contributed by atoms with E-state index in [9.17, 15) is 13.2 Å². The van der Waals surface area contributed by atoms with Crippen LogP contribution < -0.4 is 15.8 Å². The standard InChI is InChI=1S/C14H13ClF3N3O/c1-7-3-10(12(22-2)5-9(7)15)21-11-4-8(14(16,17)18)6-20-13(11)19/h3-6,21H,1-2H3,(H2,19,20). The summed E-state index contributed by atoms with van der Waals surface area (Å²) in [7, 11) is 1.43. The summed E-state index contributed by atoms with van der Waals surface area (Å²) >= 11 is 5.99. The number of benzene rings is 1. The molecule has 4 nitrogen and oxygen atoms in total. The van der Waals surface area contributed by atoms with Crippen molar-refractivity contribution in [2.75, 3.05) is 18.2 Å². The Morgan fingerprint density at radius 1 is 1.23 bits per heavy atom. The highest BCUT2D eigenvalue weighted by molar-refractivity contribution is 6.31. The van der Waals surface area contributed by atoms with Gasteiger partial charge in [0.1, 0.15) is 11.6 Å². The number of hydrogen-bond donors (Lipinski definition) is 2. The van der Waals surface area contributed by atoms with E-state index < -0.39 is 11.7 Å². The maximum Gasteiger partial charge on any atom is 0.417 e. The molecule has 0 bridgehead atoms. The quantitative estimate of drug-likeness (QED) is 0.875. The lowest BCUT2D eigenvalue weighted by atomic mass is 10.2. The Morgan fingerprint density at radius 2 is 1.91 bits per heavy atom. The number of pyridine rings is 1. The zero-order valence-electron chi connectivity index (χ0n) is 11.8. The zero-order chi connectivity index (χ0) is 16.5. The molecule has 0 spiro atoms. The van der Waals surface area contributed by atoms with Gasteiger partial charge in [-0.2, -0.15) is 13.2 Å². The Hall–Kier alpha value is -2.15. The van der Waals surface area contributed by atoms with Crippen LogP contribution in [0.4, 0.5) is 30.4 Å². The number of methoxy groups -OCH3 is 1. The van der Waals surface area contributed by atoms with Crippen molar-refractivity contribution in [3.8, 4) is 5.75 Å². The first-order valence-electron chi connectivity index (χ1n) is 6.16. The van der Waals surface area contributed by atoms with Crippen molar-refractivity contribution >= 4 is 28.8 Å². The second kappa shape index (κ2) is 5.92. The fraction of sp³-hybridized carbons (Fsp3) is 0.214. The van der Waals surface area contributed by atoms with Crippen LogP contribution in [-0.2, 0) is 6.18 Å². The van der Waals surface area contributed by atoms with Gasteiger partial charge in [-0.3, -0.25) is 0 Å². The lowest BCUT2D eigenvalue weighted by Gasteiger charge is -2.15. The van der Waals surface area contributed by atoms with E-state index in [4.69, 9.17) is 22.1 Å². The molecule has 0 saturated heterocycles. The molecule has 0 aliphatic rings. The molecule has 2 rings (SSSR count). The minimum Gasteiger partial charge on any atom is -0.495 e. The number of rotatable bonds is 3. The van der Waals surface area contributed by atoms with Gasteiger partial charge in [0.15, 0.2) is 0 Å². The normalized spacial score (nSPS) is 11.4. The molecule has 0 saturated carbocycles. The lowest BCUT2D eigenvalue weighted by molar-refractivity contribution is -0.137. The van der Waals surface area contributed by atoms with Gasteiger partial charge in [-0.05, 0) is 24.6 Å². The van der Waals surface area contributed by atoms with Crippen molar-refractivity contribution in [1.29, 1.82) is 0 Å². The van der Waals surface area contributed by atoms with E-state index in [2.05, 4.69) is 10.3 Å². The van der Waals surface area contributed by atoms with Crippen molar-refractivity contribution < 1.29 is 17.9 Å². The van der Waals surface area contributed by atoms with Crippen LogP contribution in [0.1, 0.15) is 11.1 Å². The fourth-order valence-corrected chi connectivity index (χ4v) is 1.96. The van der Waals surface area contributed by atoms with E-state index >= 15 is 0 Å². The maximum atomic E-state index is 12.8. The monoisotopic (exact) mass is 331 g/mol. The first-order valence-corrected chi connectivity index (χ1v) is 6.54.